The number of hydrogen-bond donors (Lipinski definition) is 3. The summed E-state index contributed by atoms with van der Waals surface area (Å²) in [4.78, 5) is 0. The van der Waals surface area contributed by atoms with Crippen molar-refractivity contribution in [1.82, 2.24) is 10.2 Å². The Morgan fingerprint density at radius 3 is 1.90 bits per heavy atom. The van der Waals surface area contributed by atoms with Crippen molar-refractivity contribution in [1.29, 1.82) is 0 Å². The summed E-state index contributed by atoms with van der Waals surface area (Å²) in [6.45, 7) is 0. The molecule has 3 nitrogen and oxygen atoms in total. The molecule has 0 aromatic carbocycles. The second-order valence-electron chi connectivity index (χ2n) is 3.00. The molecule has 0 aliphatic heterocycles. The van der Waals surface area contributed by atoms with Crippen LogP contribution in [-0.4, -0.2) is 21.4 Å². The molecule has 0 radical (unpaired) electrons. The summed E-state index contributed by atoms with van der Waals surface area (Å²) in [7, 11) is 0. The minimum absolute atomic E-state index is 0.201. The van der Waals surface area contributed by atoms with Gasteiger partial charge in [-0.2, -0.15) is 0 Å². The number of fused-ring (bicyclic) bond motifs is 5. The Morgan fingerprint density at radius 2 is 1.60 bits per heavy atom. The monoisotopic (exact) mass is 136 g/mol. The number of rotatable bonds is 0. The van der Waals surface area contributed by atoms with Gasteiger partial charge in [-0.25, -0.2) is 0 Å². The summed E-state index contributed by atoms with van der Waals surface area (Å²) < 4.78 is 0. The van der Waals surface area contributed by atoms with Gasteiger partial charge in [0.1, 0.15) is 0 Å². The fraction of sp³-hybridized carbons (Fsp3) is 0.429. The maximum Gasteiger partial charge on any atom is 0.0777 e. The maximum absolute atomic E-state index is 9.53. The average molecular weight is 136 g/mol. The van der Waals surface area contributed by atoms with Gasteiger partial charge in [0.25, 0.3) is 0 Å². The van der Waals surface area contributed by atoms with Gasteiger partial charge in [0.15, 0.2) is 0 Å². The van der Waals surface area contributed by atoms with Gasteiger partial charge in [-0.05, 0) is 0 Å². The van der Waals surface area contributed by atoms with Gasteiger partial charge in [-0.3, -0.25) is 0 Å². The molecule has 0 saturated heterocycles. The van der Waals surface area contributed by atoms with Crippen LogP contribution in [0.3, 0.4) is 0 Å². The lowest BCUT2D eigenvalue weighted by molar-refractivity contribution is 0.167. The molecule has 2 atom stereocenters. The van der Waals surface area contributed by atoms with Crippen LogP contribution < -0.4 is 0 Å². The Kier molecular flexibility index (Phi) is 0.587. The molecule has 3 N–H and O–H groups in total. The first-order valence-electron chi connectivity index (χ1n) is 3.50. The number of aromatic amines is 2. The molecule has 52 valence electrons. The van der Waals surface area contributed by atoms with Crippen LogP contribution in [0.25, 0.3) is 0 Å². The van der Waals surface area contributed by atoms with Crippen molar-refractivity contribution >= 4 is 0 Å². The zero-order valence-corrected chi connectivity index (χ0v) is 5.33. The third kappa shape index (κ3) is 0.305. The Labute approximate surface area is 57.7 Å². The smallest absolute Gasteiger partial charge is 0.0777 e. The van der Waals surface area contributed by atoms with Crippen molar-refractivity contribution in [2.24, 2.45) is 0 Å². The minimum Gasteiger partial charge on any atom is -0.391 e. The Hall–Kier alpha value is -0.960. The van der Waals surface area contributed by atoms with Crippen molar-refractivity contribution in [2.75, 3.05) is 0 Å². The third-order valence-corrected chi connectivity index (χ3v) is 2.55. The lowest BCUT2D eigenvalue weighted by Crippen LogP contribution is -2.09. The summed E-state index contributed by atoms with van der Waals surface area (Å²) in [5, 5.41) is 15.5. The molecule has 2 aliphatic rings. The molecule has 0 spiro atoms. The Bertz CT molecular complexity index is 269. The highest BCUT2D eigenvalue weighted by atomic mass is 16.3. The molecule has 10 heavy (non-hydrogen) atoms. The number of aliphatic hydroxyl groups is 1. The van der Waals surface area contributed by atoms with Crippen molar-refractivity contribution in [3.05, 3.63) is 23.5 Å². The molecule has 1 heterocycles. The normalized spacial score (nSPS) is 41.1. The topological polar surface area (TPSA) is 51.8 Å². The predicted octanol–water partition coefficient (Wildman–Crippen LogP) is 0.454. The van der Waals surface area contributed by atoms with E-state index in [1.807, 2.05) is 0 Å². The van der Waals surface area contributed by atoms with Gasteiger partial charge >= 0.3 is 0 Å². The molecular weight excluding hydrogens is 128 g/mol. The molecular formula is C7H8N2O. The van der Waals surface area contributed by atoms with Crippen molar-refractivity contribution in [2.45, 2.75) is 17.9 Å². The first kappa shape index (κ1) is 4.79. The third-order valence-electron chi connectivity index (χ3n) is 2.55. The van der Waals surface area contributed by atoms with E-state index < -0.39 is 0 Å². The van der Waals surface area contributed by atoms with Crippen LogP contribution in [0.5, 0.6) is 0 Å². The van der Waals surface area contributed by atoms with Crippen molar-refractivity contribution < 1.29 is 5.11 Å². The zero-order valence-electron chi connectivity index (χ0n) is 5.33. The van der Waals surface area contributed by atoms with Crippen LogP contribution >= 0.6 is 0 Å². The number of hydrogen-bond acceptors (Lipinski definition) is 1. The zero-order chi connectivity index (χ0) is 6.72. The molecule has 1 aromatic heterocycles. The summed E-state index contributed by atoms with van der Waals surface area (Å²) >= 11 is 0. The fourth-order valence-electron chi connectivity index (χ4n) is 1.96. The van der Waals surface area contributed by atoms with E-state index in [0.717, 1.165) is 0 Å². The van der Waals surface area contributed by atoms with Gasteiger partial charge in [-0.1, -0.05) is 12.2 Å². The summed E-state index contributed by atoms with van der Waals surface area (Å²) in [6, 6.07) is 0. The molecule has 0 fully saturated rings. The van der Waals surface area contributed by atoms with Crippen LogP contribution in [0.4, 0.5) is 0 Å². The van der Waals surface area contributed by atoms with Gasteiger partial charge in [-0.15, -0.1) is 0 Å². The van der Waals surface area contributed by atoms with Crippen LogP contribution in [-0.2, 0) is 0 Å². The van der Waals surface area contributed by atoms with E-state index in [-0.39, 0.29) is 17.9 Å². The number of aromatic nitrogens is 2. The van der Waals surface area contributed by atoms with Gasteiger partial charge in [0.2, 0.25) is 0 Å². The van der Waals surface area contributed by atoms with Gasteiger partial charge in [0, 0.05) is 11.8 Å². The Balaban J connectivity index is 2.22. The van der Waals surface area contributed by atoms with Crippen LogP contribution in [0.2, 0.25) is 0 Å². The van der Waals surface area contributed by atoms with Gasteiger partial charge < -0.3 is 15.3 Å². The van der Waals surface area contributed by atoms with E-state index in [9.17, 15) is 5.11 Å². The van der Waals surface area contributed by atoms with Crippen LogP contribution in [0.1, 0.15) is 23.2 Å². The standard InChI is InChI=1S/C7H8N2O/c10-7-3-1-2-4(7)6-5(3)8-9-6/h1-4,7-10H. The molecule has 0 amide bonds. The van der Waals surface area contributed by atoms with E-state index >= 15 is 0 Å². The Morgan fingerprint density at radius 1 is 1.10 bits per heavy atom. The van der Waals surface area contributed by atoms with Crippen LogP contribution in [0, 0.1) is 0 Å². The van der Waals surface area contributed by atoms with E-state index in [4.69, 9.17) is 0 Å². The average Bonchev–Trinajstić information content (AvgIpc) is 2.21. The number of aliphatic hydroxyl groups excluding tert-OH is 1. The quantitative estimate of drug-likeness (QED) is 0.446. The first-order valence-corrected chi connectivity index (χ1v) is 3.50. The lowest BCUT2D eigenvalue weighted by atomic mass is 10.1. The fourth-order valence-corrected chi connectivity index (χ4v) is 1.96. The second-order valence-corrected chi connectivity index (χ2v) is 3.00. The van der Waals surface area contributed by atoms with Gasteiger partial charge in [0.05, 0.1) is 17.5 Å². The molecule has 2 unspecified atom stereocenters. The molecule has 2 aliphatic carbocycles. The first-order chi connectivity index (χ1) is 4.88. The SMILES string of the molecule is OC1C2C=CC1c1[nH][nH]c12. The highest BCUT2D eigenvalue weighted by Gasteiger charge is 2.44. The number of nitrogens with one attached hydrogen (secondary N) is 2. The summed E-state index contributed by atoms with van der Waals surface area (Å²) in [5.41, 5.74) is 2.39. The summed E-state index contributed by atoms with van der Waals surface area (Å²) in [5.74, 6) is 0.502. The van der Waals surface area contributed by atoms with E-state index in [0.29, 0.717) is 0 Å². The highest BCUT2D eigenvalue weighted by molar-refractivity contribution is 5.43. The molecule has 3 heteroatoms. The van der Waals surface area contributed by atoms with E-state index in [1.165, 1.54) is 11.4 Å². The van der Waals surface area contributed by atoms with Crippen molar-refractivity contribution in [3.8, 4) is 0 Å². The van der Waals surface area contributed by atoms with Crippen molar-refractivity contribution in [3.63, 3.8) is 0 Å². The van der Waals surface area contributed by atoms with E-state index in [2.05, 4.69) is 22.3 Å². The molecule has 0 saturated carbocycles. The molecule has 2 bridgehead atoms. The minimum atomic E-state index is -0.201. The van der Waals surface area contributed by atoms with E-state index in [1.54, 1.807) is 0 Å². The summed E-state index contributed by atoms with van der Waals surface area (Å²) in [6.07, 6.45) is 3.94. The largest absolute Gasteiger partial charge is 0.391 e. The maximum atomic E-state index is 9.53. The van der Waals surface area contributed by atoms with Crippen LogP contribution in [0.15, 0.2) is 12.2 Å². The number of H-pyrrole nitrogens is 2. The second kappa shape index (κ2) is 1.22. The highest BCUT2D eigenvalue weighted by Crippen LogP contribution is 2.47. The predicted molar refractivity (Wildman–Crippen MR) is 35.8 cm³/mol. The molecule has 1 aromatic rings. The lowest BCUT2D eigenvalue weighted by Gasteiger charge is -2.12. The molecule has 3 rings (SSSR count).